The monoisotopic (exact) mass is 343 g/mol. The lowest BCUT2D eigenvalue weighted by Crippen LogP contribution is -2.29. The lowest BCUT2D eigenvalue weighted by Gasteiger charge is -2.21. The van der Waals surface area contributed by atoms with E-state index in [9.17, 15) is 9.18 Å². The van der Waals surface area contributed by atoms with Crippen LogP contribution in [0.2, 0.25) is 0 Å². The third-order valence-electron chi connectivity index (χ3n) is 4.36. The standard InChI is InChI=1S/C18H18FN3O3/c19-12-3-1-11(2-4-12)17-14(10-20-22-17)18(23)21-13-5-6-15-16(9-13)25-8-7-24-15/h1-6,9,14,17,20,22H,7-8,10H2,(H,21,23). The number of hydrogen-bond donors (Lipinski definition) is 3. The molecule has 130 valence electrons. The molecule has 2 atom stereocenters. The second-order valence-corrected chi connectivity index (χ2v) is 6.01. The molecule has 2 heterocycles. The van der Waals surface area contributed by atoms with Crippen LogP contribution in [0, 0.1) is 11.7 Å². The highest BCUT2D eigenvalue weighted by atomic mass is 19.1. The molecule has 0 bridgehead atoms. The summed E-state index contributed by atoms with van der Waals surface area (Å²) in [4.78, 5) is 12.7. The van der Waals surface area contributed by atoms with E-state index in [1.165, 1.54) is 12.1 Å². The van der Waals surface area contributed by atoms with E-state index in [0.717, 1.165) is 5.56 Å². The van der Waals surface area contributed by atoms with E-state index in [4.69, 9.17) is 9.47 Å². The molecule has 2 aromatic rings. The van der Waals surface area contributed by atoms with Crippen molar-refractivity contribution in [3.05, 3.63) is 53.8 Å². The van der Waals surface area contributed by atoms with Crippen LogP contribution in [0.4, 0.5) is 10.1 Å². The molecule has 2 aliphatic rings. The van der Waals surface area contributed by atoms with E-state index in [-0.39, 0.29) is 23.7 Å². The van der Waals surface area contributed by atoms with Gasteiger partial charge in [0.05, 0.1) is 12.0 Å². The number of hydrogen-bond acceptors (Lipinski definition) is 5. The Morgan fingerprint density at radius 3 is 2.64 bits per heavy atom. The third kappa shape index (κ3) is 3.29. The van der Waals surface area contributed by atoms with Crippen molar-refractivity contribution >= 4 is 11.6 Å². The first-order valence-electron chi connectivity index (χ1n) is 8.15. The molecule has 1 saturated heterocycles. The predicted molar refractivity (Wildman–Crippen MR) is 89.8 cm³/mol. The molecule has 3 N–H and O–H groups in total. The number of anilines is 1. The quantitative estimate of drug-likeness (QED) is 0.795. The fourth-order valence-corrected chi connectivity index (χ4v) is 3.08. The Morgan fingerprint density at radius 2 is 1.84 bits per heavy atom. The molecule has 0 saturated carbocycles. The summed E-state index contributed by atoms with van der Waals surface area (Å²) in [5.74, 6) is 0.564. The van der Waals surface area contributed by atoms with Gasteiger partial charge in [-0.25, -0.2) is 9.82 Å². The Morgan fingerprint density at radius 1 is 1.08 bits per heavy atom. The number of ether oxygens (including phenoxy) is 2. The van der Waals surface area contributed by atoms with Crippen LogP contribution in [0.25, 0.3) is 0 Å². The number of carbonyl (C=O) groups is 1. The predicted octanol–water partition coefficient (Wildman–Crippen LogP) is 2.00. The molecule has 0 aromatic heterocycles. The zero-order valence-corrected chi connectivity index (χ0v) is 13.4. The highest BCUT2D eigenvalue weighted by Crippen LogP contribution is 2.33. The topological polar surface area (TPSA) is 71.6 Å². The van der Waals surface area contributed by atoms with Crippen LogP contribution >= 0.6 is 0 Å². The van der Waals surface area contributed by atoms with Crippen LogP contribution in [0.5, 0.6) is 11.5 Å². The summed E-state index contributed by atoms with van der Waals surface area (Å²) in [5.41, 5.74) is 7.59. The molecule has 4 rings (SSSR count). The number of carbonyl (C=O) groups excluding carboxylic acids is 1. The van der Waals surface area contributed by atoms with E-state index in [1.807, 2.05) is 0 Å². The SMILES string of the molecule is O=C(Nc1ccc2c(c1)OCCO2)C1CNNC1c1ccc(F)cc1. The molecule has 0 radical (unpaired) electrons. The highest BCUT2D eigenvalue weighted by Gasteiger charge is 2.34. The zero-order valence-electron chi connectivity index (χ0n) is 13.4. The van der Waals surface area contributed by atoms with Crippen molar-refractivity contribution in [2.45, 2.75) is 6.04 Å². The van der Waals surface area contributed by atoms with Gasteiger partial charge < -0.3 is 14.8 Å². The largest absolute Gasteiger partial charge is 0.486 e. The maximum atomic E-state index is 13.1. The Bertz CT molecular complexity index is 782. The summed E-state index contributed by atoms with van der Waals surface area (Å²) in [6.07, 6.45) is 0. The van der Waals surface area contributed by atoms with Gasteiger partial charge in [-0.3, -0.25) is 10.2 Å². The molecule has 2 aliphatic heterocycles. The molecule has 25 heavy (non-hydrogen) atoms. The Hall–Kier alpha value is -2.64. The normalized spacial score (nSPS) is 21.8. The average molecular weight is 343 g/mol. The number of nitrogens with one attached hydrogen (secondary N) is 3. The van der Waals surface area contributed by atoms with Gasteiger partial charge in [-0.2, -0.15) is 0 Å². The number of amides is 1. The molecule has 0 aliphatic carbocycles. The molecule has 6 nitrogen and oxygen atoms in total. The lowest BCUT2D eigenvalue weighted by atomic mass is 9.94. The van der Waals surface area contributed by atoms with Crippen LogP contribution in [0.3, 0.4) is 0 Å². The van der Waals surface area contributed by atoms with Crippen molar-refractivity contribution in [1.82, 2.24) is 10.9 Å². The first-order chi connectivity index (χ1) is 12.2. The number of rotatable bonds is 3. The maximum Gasteiger partial charge on any atom is 0.230 e. The van der Waals surface area contributed by atoms with Crippen LogP contribution in [0.1, 0.15) is 11.6 Å². The molecular weight excluding hydrogens is 325 g/mol. The molecule has 1 amide bonds. The first kappa shape index (κ1) is 15.9. The van der Waals surface area contributed by atoms with Gasteiger partial charge in [0, 0.05) is 18.3 Å². The van der Waals surface area contributed by atoms with Gasteiger partial charge >= 0.3 is 0 Å². The van der Waals surface area contributed by atoms with E-state index < -0.39 is 0 Å². The van der Waals surface area contributed by atoms with Crippen LogP contribution in [0.15, 0.2) is 42.5 Å². The van der Waals surface area contributed by atoms with Crippen molar-refractivity contribution in [3.8, 4) is 11.5 Å². The third-order valence-corrected chi connectivity index (χ3v) is 4.36. The van der Waals surface area contributed by atoms with Gasteiger partial charge in [-0.05, 0) is 29.8 Å². The molecule has 1 fully saturated rings. The zero-order chi connectivity index (χ0) is 17.2. The van der Waals surface area contributed by atoms with Crippen LogP contribution in [-0.4, -0.2) is 25.7 Å². The Labute approximate surface area is 144 Å². The smallest absolute Gasteiger partial charge is 0.230 e. The van der Waals surface area contributed by atoms with Gasteiger partial charge in [0.15, 0.2) is 11.5 Å². The van der Waals surface area contributed by atoms with Crippen molar-refractivity contribution < 1.29 is 18.7 Å². The minimum atomic E-state index is -0.321. The van der Waals surface area contributed by atoms with Gasteiger partial charge in [-0.15, -0.1) is 0 Å². The van der Waals surface area contributed by atoms with Crippen LogP contribution in [-0.2, 0) is 4.79 Å². The highest BCUT2D eigenvalue weighted by molar-refractivity contribution is 5.93. The lowest BCUT2D eigenvalue weighted by molar-refractivity contribution is -0.119. The summed E-state index contributed by atoms with van der Waals surface area (Å²) in [5, 5.41) is 2.92. The summed E-state index contributed by atoms with van der Waals surface area (Å²) in [6.45, 7) is 1.50. The molecule has 7 heteroatoms. The van der Waals surface area contributed by atoms with Gasteiger partial charge in [0.25, 0.3) is 0 Å². The van der Waals surface area contributed by atoms with E-state index in [2.05, 4.69) is 16.2 Å². The Kier molecular flexibility index (Phi) is 4.25. The molecule has 2 aromatic carbocycles. The minimum Gasteiger partial charge on any atom is -0.486 e. The fourth-order valence-electron chi connectivity index (χ4n) is 3.08. The molecule has 0 spiro atoms. The first-order valence-corrected chi connectivity index (χ1v) is 8.15. The van der Waals surface area contributed by atoms with Gasteiger partial charge in [0.1, 0.15) is 19.0 Å². The van der Waals surface area contributed by atoms with E-state index in [1.54, 1.807) is 30.3 Å². The van der Waals surface area contributed by atoms with Crippen molar-refractivity contribution in [2.24, 2.45) is 5.92 Å². The average Bonchev–Trinajstić information content (AvgIpc) is 3.12. The fraction of sp³-hybridized carbons (Fsp3) is 0.278. The number of benzene rings is 2. The van der Waals surface area contributed by atoms with E-state index in [0.29, 0.717) is 36.9 Å². The number of hydrazine groups is 1. The summed E-state index contributed by atoms with van der Waals surface area (Å²) in [6, 6.07) is 11.3. The Balaban J connectivity index is 1.49. The van der Waals surface area contributed by atoms with Crippen molar-refractivity contribution in [2.75, 3.05) is 25.1 Å². The molecular formula is C18H18FN3O3. The number of fused-ring (bicyclic) bond motifs is 1. The maximum absolute atomic E-state index is 13.1. The van der Waals surface area contributed by atoms with Gasteiger partial charge in [-0.1, -0.05) is 12.1 Å². The van der Waals surface area contributed by atoms with Crippen molar-refractivity contribution in [3.63, 3.8) is 0 Å². The van der Waals surface area contributed by atoms with Crippen molar-refractivity contribution in [1.29, 1.82) is 0 Å². The minimum absolute atomic E-state index is 0.122. The summed E-state index contributed by atoms with van der Waals surface area (Å²) in [7, 11) is 0. The summed E-state index contributed by atoms with van der Waals surface area (Å²) >= 11 is 0. The summed E-state index contributed by atoms with van der Waals surface area (Å²) < 4.78 is 24.1. The second-order valence-electron chi connectivity index (χ2n) is 6.01. The van der Waals surface area contributed by atoms with Gasteiger partial charge in [0.2, 0.25) is 5.91 Å². The van der Waals surface area contributed by atoms with E-state index >= 15 is 0 Å². The second kappa shape index (κ2) is 6.70. The van der Waals surface area contributed by atoms with Crippen LogP contribution < -0.4 is 25.6 Å². The molecule has 2 unspecified atom stereocenters. The number of halogens is 1.